The minimum Gasteiger partial charge on any atom is -0.468 e. The first-order valence-electron chi connectivity index (χ1n) is 8.81. The lowest BCUT2D eigenvalue weighted by Gasteiger charge is -2.15. The molecular weight excluding hydrogens is 421 g/mol. The summed E-state index contributed by atoms with van der Waals surface area (Å²) in [5.41, 5.74) is 0.804. The Balaban J connectivity index is 1.90. The van der Waals surface area contributed by atoms with Crippen LogP contribution in [-0.4, -0.2) is 36.5 Å². The topological polar surface area (TPSA) is 59.8 Å². The van der Waals surface area contributed by atoms with Gasteiger partial charge in [-0.25, -0.2) is 0 Å². The van der Waals surface area contributed by atoms with Crippen LogP contribution in [0.2, 0.25) is 10.0 Å². The predicted octanol–water partition coefficient (Wildman–Crippen LogP) is 5.03. The summed E-state index contributed by atoms with van der Waals surface area (Å²) in [5, 5.41) is 0.792. The number of thioether (sulfide) groups is 1. The van der Waals surface area contributed by atoms with Gasteiger partial charge in [-0.1, -0.05) is 29.3 Å². The second-order valence-electron chi connectivity index (χ2n) is 6.01. The molecule has 0 N–H and O–H groups in total. The number of nitrogens with zero attached hydrogens (tertiary/aromatic N) is 1. The lowest BCUT2D eigenvalue weighted by molar-refractivity contribution is -0.136. The van der Waals surface area contributed by atoms with Crippen molar-refractivity contribution in [2.24, 2.45) is 0 Å². The lowest BCUT2D eigenvalue weighted by Crippen LogP contribution is -2.33. The van der Waals surface area contributed by atoms with E-state index in [2.05, 4.69) is 0 Å². The number of hydrogen-bond acceptors (Lipinski definition) is 5. The van der Waals surface area contributed by atoms with Crippen molar-refractivity contribution < 1.29 is 18.7 Å². The Morgan fingerprint density at radius 2 is 2.00 bits per heavy atom. The van der Waals surface area contributed by atoms with Gasteiger partial charge in [0.2, 0.25) is 0 Å². The van der Waals surface area contributed by atoms with Gasteiger partial charge in [-0.2, -0.15) is 0 Å². The number of rotatable bonds is 9. The average molecular weight is 440 g/mol. The third-order valence-corrected chi connectivity index (χ3v) is 5.78. The fourth-order valence-corrected chi connectivity index (χ4v) is 4.36. The summed E-state index contributed by atoms with van der Waals surface area (Å²) >= 11 is 13.6. The summed E-state index contributed by atoms with van der Waals surface area (Å²) in [6.07, 6.45) is 2.14. The van der Waals surface area contributed by atoms with E-state index in [1.807, 2.05) is 13.0 Å². The lowest BCUT2D eigenvalue weighted by atomic mass is 10.1. The van der Waals surface area contributed by atoms with Crippen LogP contribution in [0.1, 0.15) is 24.7 Å². The fraction of sp³-hybridized carbons (Fsp3) is 0.300. The van der Waals surface area contributed by atoms with Gasteiger partial charge in [-0.15, -0.1) is 11.8 Å². The third-order valence-electron chi connectivity index (χ3n) is 4.14. The zero-order chi connectivity index (χ0) is 20.1. The summed E-state index contributed by atoms with van der Waals surface area (Å²) in [4.78, 5) is 27.7. The SMILES string of the molecule is CCOCCCN1C(=O)C(SCc2ccco2)=C(c2ccc(Cl)cc2Cl)C1=O. The molecule has 0 saturated carbocycles. The van der Waals surface area contributed by atoms with Crippen LogP contribution in [0.25, 0.3) is 5.57 Å². The highest BCUT2D eigenvalue weighted by atomic mass is 35.5. The highest BCUT2D eigenvalue weighted by Crippen LogP contribution is 2.40. The Kier molecular flexibility index (Phi) is 7.24. The molecule has 2 heterocycles. The Morgan fingerprint density at radius 3 is 2.68 bits per heavy atom. The van der Waals surface area contributed by atoms with Gasteiger partial charge in [-0.05, 0) is 37.6 Å². The Morgan fingerprint density at radius 1 is 1.18 bits per heavy atom. The van der Waals surface area contributed by atoms with Crippen LogP contribution in [0, 0.1) is 0 Å². The van der Waals surface area contributed by atoms with E-state index in [0.717, 1.165) is 0 Å². The molecule has 0 bridgehead atoms. The second kappa shape index (κ2) is 9.65. The van der Waals surface area contributed by atoms with Crippen LogP contribution in [0.4, 0.5) is 0 Å². The van der Waals surface area contributed by atoms with Gasteiger partial charge in [0, 0.05) is 30.3 Å². The average Bonchev–Trinajstić information content (AvgIpc) is 3.25. The van der Waals surface area contributed by atoms with Crippen LogP contribution in [0.5, 0.6) is 0 Å². The van der Waals surface area contributed by atoms with E-state index in [9.17, 15) is 9.59 Å². The predicted molar refractivity (Wildman–Crippen MR) is 111 cm³/mol. The number of carbonyl (C=O) groups excluding carboxylic acids is 2. The van der Waals surface area contributed by atoms with E-state index in [1.165, 1.54) is 16.7 Å². The number of halogens is 2. The van der Waals surface area contributed by atoms with Crippen molar-refractivity contribution >= 4 is 52.4 Å². The minimum atomic E-state index is -0.354. The molecule has 2 aromatic rings. The molecule has 0 spiro atoms. The van der Waals surface area contributed by atoms with E-state index >= 15 is 0 Å². The highest BCUT2D eigenvalue weighted by molar-refractivity contribution is 8.03. The molecule has 8 heteroatoms. The van der Waals surface area contributed by atoms with E-state index in [0.29, 0.717) is 57.2 Å². The van der Waals surface area contributed by atoms with Gasteiger partial charge in [0.25, 0.3) is 11.8 Å². The highest BCUT2D eigenvalue weighted by Gasteiger charge is 2.39. The molecule has 2 amide bonds. The standard InChI is InChI=1S/C20H19Cl2NO4S/c1-2-26-9-4-8-23-19(24)17(15-7-6-13(21)11-16(15)22)18(20(23)25)28-12-14-5-3-10-27-14/h3,5-7,10-11H,2,4,8-9,12H2,1H3. The first-order chi connectivity index (χ1) is 13.5. The summed E-state index contributed by atoms with van der Waals surface area (Å²) < 4.78 is 10.7. The Labute approximate surface area is 177 Å². The molecule has 1 aliphatic rings. The number of imide groups is 1. The van der Waals surface area contributed by atoms with Crippen LogP contribution >= 0.6 is 35.0 Å². The van der Waals surface area contributed by atoms with Crippen LogP contribution in [0.3, 0.4) is 0 Å². The number of benzene rings is 1. The van der Waals surface area contributed by atoms with Crippen molar-refractivity contribution in [3.63, 3.8) is 0 Å². The van der Waals surface area contributed by atoms with Crippen molar-refractivity contribution in [3.8, 4) is 0 Å². The van der Waals surface area contributed by atoms with Gasteiger partial charge in [0.1, 0.15) is 5.76 Å². The molecule has 0 radical (unpaired) electrons. The van der Waals surface area contributed by atoms with Crippen molar-refractivity contribution in [1.82, 2.24) is 4.90 Å². The number of amides is 2. The Hall–Kier alpha value is -1.73. The van der Waals surface area contributed by atoms with Gasteiger partial charge in [0.15, 0.2) is 0 Å². The maximum absolute atomic E-state index is 13.1. The van der Waals surface area contributed by atoms with Gasteiger partial charge in [-0.3, -0.25) is 14.5 Å². The first-order valence-corrected chi connectivity index (χ1v) is 10.6. The minimum absolute atomic E-state index is 0.289. The quantitative estimate of drug-likeness (QED) is 0.405. The molecule has 1 aliphatic heterocycles. The van der Waals surface area contributed by atoms with E-state index in [1.54, 1.807) is 30.5 Å². The second-order valence-corrected chi connectivity index (χ2v) is 7.84. The normalized spacial score (nSPS) is 14.5. The zero-order valence-corrected chi connectivity index (χ0v) is 17.6. The molecule has 5 nitrogen and oxygen atoms in total. The molecule has 0 aliphatic carbocycles. The van der Waals surface area contributed by atoms with Gasteiger partial charge >= 0.3 is 0 Å². The van der Waals surface area contributed by atoms with E-state index < -0.39 is 0 Å². The van der Waals surface area contributed by atoms with E-state index in [-0.39, 0.29) is 18.4 Å². The Bertz CT molecular complexity index is 896. The summed E-state index contributed by atoms with van der Waals surface area (Å²) in [5.74, 6) is 0.476. The van der Waals surface area contributed by atoms with E-state index in [4.69, 9.17) is 32.4 Å². The van der Waals surface area contributed by atoms with Crippen molar-refractivity contribution in [3.05, 3.63) is 62.9 Å². The molecule has 28 heavy (non-hydrogen) atoms. The molecule has 0 atom stereocenters. The summed E-state index contributed by atoms with van der Waals surface area (Å²) in [7, 11) is 0. The first kappa shape index (κ1) is 21.0. The summed E-state index contributed by atoms with van der Waals surface area (Å²) in [6, 6.07) is 8.49. The molecule has 0 fully saturated rings. The fourth-order valence-electron chi connectivity index (χ4n) is 2.83. The van der Waals surface area contributed by atoms with Crippen molar-refractivity contribution in [2.45, 2.75) is 19.1 Å². The number of ether oxygens (including phenoxy) is 1. The largest absolute Gasteiger partial charge is 0.468 e. The van der Waals surface area contributed by atoms with Crippen LogP contribution in [-0.2, 0) is 20.1 Å². The molecular formula is C20H19Cl2NO4S. The summed E-state index contributed by atoms with van der Waals surface area (Å²) in [6.45, 7) is 3.27. The van der Waals surface area contributed by atoms with Gasteiger partial charge in [0.05, 0.1) is 27.5 Å². The molecule has 3 rings (SSSR count). The number of carbonyl (C=O) groups is 2. The molecule has 0 unspecified atom stereocenters. The molecule has 1 aromatic carbocycles. The van der Waals surface area contributed by atoms with Crippen molar-refractivity contribution in [2.75, 3.05) is 19.8 Å². The monoisotopic (exact) mass is 439 g/mol. The van der Waals surface area contributed by atoms with Crippen LogP contribution in [0.15, 0.2) is 45.9 Å². The number of furan rings is 1. The van der Waals surface area contributed by atoms with Gasteiger partial charge < -0.3 is 9.15 Å². The zero-order valence-electron chi connectivity index (χ0n) is 15.2. The smallest absolute Gasteiger partial charge is 0.267 e. The van der Waals surface area contributed by atoms with Crippen LogP contribution < -0.4 is 0 Å². The van der Waals surface area contributed by atoms with Crippen molar-refractivity contribution in [1.29, 1.82) is 0 Å². The molecule has 0 saturated heterocycles. The third kappa shape index (κ3) is 4.63. The molecule has 148 valence electrons. The maximum Gasteiger partial charge on any atom is 0.267 e. The molecule has 1 aromatic heterocycles. The maximum atomic E-state index is 13.1. The number of hydrogen-bond donors (Lipinski definition) is 0.